The van der Waals surface area contributed by atoms with Crippen LogP contribution in [0, 0.1) is 0 Å². The number of rotatable bonds is 3. The summed E-state index contributed by atoms with van der Waals surface area (Å²) in [5.74, 6) is 0.579. The van der Waals surface area contributed by atoms with Gasteiger partial charge in [0.15, 0.2) is 0 Å². The van der Waals surface area contributed by atoms with E-state index in [2.05, 4.69) is 15.0 Å². The van der Waals surface area contributed by atoms with Crippen LogP contribution in [0.3, 0.4) is 0 Å². The molecule has 1 N–H and O–H groups in total. The Labute approximate surface area is 139 Å². The van der Waals surface area contributed by atoms with Crippen molar-refractivity contribution in [1.82, 2.24) is 15.0 Å². The Morgan fingerprint density at radius 1 is 1.38 bits per heavy atom. The fraction of sp³-hybridized carbons (Fsp3) is 0.250. The number of nitrogens with zero attached hydrogens (tertiary/aromatic N) is 3. The SMILES string of the molecule is CCC1CN(S(=O)(=O)c2c[nH]c3ncncc23)c2ccccc2O1. The molecule has 1 aliphatic rings. The molecule has 4 rings (SSSR count). The van der Waals surface area contributed by atoms with Crippen molar-refractivity contribution in [2.45, 2.75) is 24.3 Å². The zero-order valence-corrected chi connectivity index (χ0v) is 13.8. The topological polar surface area (TPSA) is 88.2 Å². The number of H-pyrrole nitrogens is 1. The molecule has 3 heterocycles. The highest BCUT2D eigenvalue weighted by Gasteiger charge is 2.35. The Morgan fingerprint density at radius 3 is 3.04 bits per heavy atom. The van der Waals surface area contributed by atoms with Crippen molar-refractivity contribution in [2.75, 3.05) is 10.8 Å². The number of sulfonamides is 1. The van der Waals surface area contributed by atoms with Crippen LogP contribution in [0.4, 0.5) is 5.69 Å². The Bertz CT molecular complexity index is 999. The van der Waals surface area contributed by atoms with E-state index in [9.17, 15) is 8.42 Å². The summed E-state index contributed by atoms with van der Waals surface area (Å²) in [7, 11) is -3.76. The highest BCUT2D eigenvalue weighted by atomic mass is 32.2. The van der Waals surface area contributed by atoms with Crippen molar-refractivity contribution >= 4 is 26.7 Å². The van der Waals surface area contributed by atoms with Crippen LogP contribution in [0.25, 0.3) is 11.0 Å². The van der Waals surface area contributed by atoms with Gasteiger partial charge in [-0.25, -0.2) is 18.4 Å². The van der Waals surface area contributed by atoms with Crippen molar-refractivity contribution in [3.05, 3.63) is 43.0 Å². The fourth-order valence-electron chi connectivity index (χ4n) is 2.87. The Balaban J connectivity index is 1.87. The number of anilines is 1. The molecule has 0 spiro atoms. The smallest absolute Gasteiger partial charge is 0.266 e. The summed E-state index contributed by atoms with van der Waals surface area (Å²) in [5.41, 5.74) is 1.05. The summed E-state index contributed by atoms with van der Waals surface area (Å²) in [6.07, 6.45) is 4.89. The van der Waals surface area contributed by atoms with Gasteiger partial charge in [0.25, 0.3) is 10.0 Å². The van der Waals surface area contributed by atoms with Gasteiger partial charge in [0.2, 0.25) is 0 Å². The molecule has 0 bridgehead atoms. The normalized spacial score (nSPS) is 17.5. The van der Waals surface area contributed by atoms with Gasteiger partial charge in [0.05, 0.1) is 17.6 Å². The number of benzene rings is 1. The maximum absolute atomic E-state index is 13.3. The molecule has 7 nitrogen and oxygen atoms in total. The van der Waals surface area contributed by atoms with E-state index in [0.717, 1.165) is 6.42 Å². The van der Waals surface area contributed by atoms with Gasteiger partial charge in [-0.3, -0.25) is 4.31 Å². The molecule has 1 aromatic carbocycles. The maximum Gasteiger partial charge on any atom is 0.266 e. The second kappa shape index (κ2) is 5.48. The van der Waals surface area contributed by atoms with Crippen LogP contribution >= 0.6 is 0 Å². The second-order valence-electron chi connectivity index (χ2n) is 5.59. The van der Waals surface area contributed by atoms with Crippen molar-refractivity contribution in [1.29, 1.82) is 0 Å². The van der Waals surface area contributed by atoms with E-state index in [1.54, 1.807) is 18.2 Å². The molecule has 0 aliphatic carbocycles. The Kier molecular flexibility index (Phi) is 3.42. The summed E-state index contributed by atoms with van der Waals surface area (Å²) in [4.78, 5) is 11.1. The lowest BCUT2D eigenvalue weighted by atomic mass is 10.2. The zero-order valence-electron chi connectivity index (χ0n) is 13.0. The third-order valence-corrected chi connectivity index (χ3v) is 5.96. The van der Waals surface area contributed by atoms with Gasteiger partial charge in [-0.15, -0.1) is 0 Å². The van der Waals surface area contributed by atoms with Crippen LogP contribution in [0.1, 0.15) is 13.3 Å². The molecule has 8 heteroatoms. The minimum absolute atomic E-state index is 0.171. The molecular weight excluding hydrogens is 328 g/mol. The van der Waals surface area contributed by atoms with E-state index >= 15 is 0 Å². The number of fused-ring (bicyclic) bond motifs is 2. The third kappa shape index (κ3) is 2.22. The van der Waals surface area contributed by atoms with E-state index in [0.29, 0.717) is 22.5 Å². The van der Waals surface area contributed by atoms with Gasteiger partial charge >= 0.3 is 0 Å². The lowest BCUT2D eigenvalue weighted by molar-refractivity contribution is 0.196. The van der Waals surface area contributed by atoms with E-state index in [1.807, 2.05) is 13.0 Å². The molecule has 1 atom stereocenters. The van der Waals surface area contributed by atoms with Gasteiger partial charge in [-0.1, -0.05) is 19.1 Å². The van der Waals surface area contributed by atoms with E-state index < -0.39 is 10.0 Å². The van der Waals surface area contributed by atoms with Crippen LogP contribution in [-0.4, -0.2) is 36.0 Å². The first-order valence-corrected chi connectivity index (χ1v) is 9.10. The van der Waals surface area contributed by atoms with E-state index in [1.165, 1.54) is 23.0 Å². The van der Waals surface area contributed by atoms with E-state index in [4.69, 9.17) is 4.74 Å². The molecule has 1 aliphatic heterocycles. The van der Waals surface area contributed by atoms with E-state index in [-0.39, 0.29) is 17.5 Å². The third-order valence-electron chi connectivity index (χ3n) is 4.14. The molecule has 2 aromatic heterocycles. The van der Waals surface area contributed by atoms with Gasteiger partial charge in [-0.2, -0.15) is 0 Å². The minimum Gasteiger partial charge on any atom is -0.486 e. The molecule has 0 fully saturated rings. The Hall–Kier alpha value is -2.61. The number of hydrogen-bond donors (Lipinski definition) is 1. The van der Waals surface area contributed by atoms with Gasteiger partial charge in [-0.05, 0) is 18.6 Å². The largest absolute Gasteiger partial charge is 0.486 e. The standard InChI is InChI=1S/C16H16N4O3S/c1-2-11-9-20(13-5-3-4-6-14(13)23-11)24(21,22)15-8-18-16-12(15)7-17-10-19-16/h3-8,10-11H,2,9H2,1H3,(H,17,18,19). The highest BCUT2D eigenvalue weighted by Crippen LogP contribution is 2.38. The molecule has 24 heavy (non-hydrogen) atoms. The predicted molar refractivity (Wildman–Crippen MR) is 89.6 cm³/mol. The molecule has 0 amide bonds. The summed E-state index contributed by atoms with van der Waals surface area (Å²) >= 11 is 0. The summed E-state index contributed by atoms with van der Waals surface area (Å²) in [6.45, 7) is 2.25. The van der Waals surface area contributed by atoms with Gasteiger partial charge < -0.3 is 9.72 Å². The van der Waals surface area contributed by atoms with Crippen molar-refractivity contribution in [2.24, 2.45) is 0 Å². The number of aromatic nitrogens is 3. The average Bonchev–Trinajstić information content (AvgIpc) is 3.05. The number of para-hydroxylation sites is 2. The molecule has 0 saturated heterocycles. The van der Waals surface area contributed by atoms with Crippen LogP contribution in [0.2, 0.25) is 0 Å². The highest BCUT2D eigenvalue weighted by molar-refractivity contribution is 7.93. The summed E-state index contributed by atoms with van der Waals surface area (Å²) in [5, 5.41) is 0.481. The molecule has 0 radical (unpaired) electrons. The van der Waals surface area contributed by atoms with Crippen molar-refractivity contribution in [3.8, 4) is 5.75 Å². The van der Waals surface area contributed by atoms with Crippen LogP contribution in [0.5, 0.6) is 5.75 Å². The second-order valence-corrected chi connectivity index (χ2v) is 7.42. The summed E-state index contributed by atoms with van der Waals surface area (Å²) < 4.78 is 33.8. The monoisotopic (exact) mass is 344 g/mol. The van der Waals surface area contributed by atoms with Gasteiger partial charge in [0, 0.05) is 12.4 Å². The lowest BCUT2D eigenvalue weighted by Gasteiger charge is -2.34. The summed E-state index contributed by atoms with van der Waals surface area (Å²) in [6, 6.07) is 7.18. The van der Waals surface area contributed by atoms with Crippen molar-refractivity contribution in [3.63, 3.8) is 0 Å². The first kappa shape index (κ1) is 14.9. The average molecular weight is 344 g/mol. The number of nitrogens with one attached hydrogen (secondary N) is 1. The first-order chi connectivity index (χ1) is 11.6. The predicted octanol–water partition coefficient (Wildman–Crippen LogP) is 2.32. The molecule has 1 unspecified atom stereocenters. The van der Waals surface area contributed by atoms with Crippen LogP contribution in [0.15, 0.2) is 47.9 Å². The molecule has 3 aromatic rings. The quantitative estimate of drug-likeness (QED) is 0.788. The fourth-order valence-corrected chi connectivity index (χ4v) is 4.52. The van der Waals surface area contributed by atoms with Crippen molar-refractivity contribution < 1.29 is 13.2 Å². The zero-order chi connectivity index (χ0) is 16.7. The Morgan fingerprint density at radius 2 is 2.21 bits per heavy atom. The van der Waals surface area contributed by atoms with Gasteiger partial charge in [0.1, 0.15) is 28.7 Å². The van der Waals surface area contributed by atoms with Crippen LogP contribution in [-0.2, 0) is 10.0 Å². The lowest BCUT2D eigenvalue weighted by Crippen LogP contribution is -2.43. The minimum atomic E-state index is -3.76. The molecule has 124 valence electrons. The maximum atomic E-state index is 13.3. The molecular formula is C16H16N4O3S. The first-order valence-electron chi connectivity index (χ1n) is 7.66. The molecule has 0 saturated carbocycles. The number of hydrogen-bond acceptors (Lipinski definition) is 5. The van der Waals surface area contributed by atoms with Crippen LogP contribution < -0.4 is 9.04 Å². The number of aromatic amines is 1. The number of ether oxygens (including phenoxy) is 1.